The molecule has 0 unspecified atom stereocenters. The van der Waals surface area contributed by atoms with E-state index in [9.17, 15) is 14.7 Å². The molecule has 0 heterocycles. The van der Waals surface area contributed by atoms with Crippen LogP contribution in [0.4, 0.5) is 0 Å². The topological polar surface area (TPSA) is 78.4 Å². The van der Waals surface area contributed by atoms with Crippen molar-refractivity contribution in [3.63, 3.8) is 0 Å². The molecule has 0 bridgehead atoms. The summed E-state index contributed by atoms with van der Waals surface area (Å²) in [5.41, 5.74) is -0.573. The third-order valence-corrected chi connectivity index (χ3v) is 3.39. The second kappa shape index (κ2) is 6.73. The first-order chi connectivity index (χ1) is 8.41. The number of carbonyl (C=O) groups is 2. The summed E-state index contributed by atoms with van der Waals surface area (Å²) in [7, 11) is 0. The fourth-order valence-corrected chi connectivity index (χ4v) is 2.47. The molecule has 0 spiro atoms. The molecular weight excluding hydrogens is 232 g/mol. The van der Waals surface area contributed by atoms with Crippen LogP contribution in [0.15, 0.2) is 0 Å². The van der Waals surface area contributed by atoms with E-state index in [4.69, 9.17) is 0 Å². The lowest BCUT2D eigenvalue weighted by molar-refractivity contribution is -0.122. The van der Waals surface area contributed by atoms with Gasteiger partial charge in [-0.3, -0.25) is 9.59 Å². The second-order valence-corrected chi connectivity index (χ2v) is 5.34. The molecular formula is C13H24N2O3. The average Bonchev–Trinajstić information content (AvgIpc) is 2.63. The maximum absolute atomic E-state index is 11.6. The fourth-order valence-electron chi connectivity index (χ4n) is 2.47. The molecule has 1 aliphatic carbocycles. The van der Waals surface area contributed by atoms with E-state index in [0.717, 1.165) is 25.7 Å². The molecule has 18 heavy (non-hydrogen) atoms. The highest BCUT2D eigenvalue weighted by Gasteiger charge is 2.30. The Morgan fingerprint density at radius 3 is 2.50 bits per heavy atom. The van der Waals surface area contributed by atoms with Crippen molar-refractivity contribution in [2.24, 2.45) is 0 Å². The van der Waals surface area contributed by atoms with E-state index >= 15 is 0 Å². The summed E-state index contributed by atoms with van der Waals surface area (Å²) in [6.07, 6.45) is 4.72. The highest BCUT2D eigenvalue weighted by atomic mass is 16.3. The van der Waals surface area contributed by atoms with Crippen molar-refractivity contribution >= 4 is 11.8 Å². The molecule has 0 aliphatic heterocycles. The molecule has 2 amide bonds. The maximum Gasteiger partial charge on any atom is 0.222 e. The first-order valence-electron chi connectivity index (χ1n) is 6.67. The van der Waals surface area contributed by atoms with E-state index in [1.807, 2.05) is 0 Å². The molecule has 0 aromatic carbocycles. The molecule has 3 N–H and O–H groups in total. The van der Waals surface area contributed by atoms with Gasteiger partial charge in [-0.15, -0.1) is 0 Å². The van der Waals surface area contributed by atoms with Crippen LogP contribution in [0, 0.1) is 0 Å². The van der Waals surface area contributed by atoms with Crippen molar-refractivity contribution in [1.29, 1.82) is 0 Å². The standard InChI is InChI=1S/C13H24N2O3/c1-10(15-11(2)16)9-12(17)14-8-7-13(18)5-3-4-6-13/h10,18H,3-9H2,1-2H3,(H,14,17)(H,15,16)/t10-/m0/s1. The zero-order chi connectivity index (χ0) is 13.6. The van der Waals surface area contributed by atoms with Crippen LogP contribution in [0.5, 0.6) is 0 Å². The van der Waals surface area contributed by atoms with Crippen molar-refractivity contribution in [3.8, 4) is 0 Å². The first-order valence-corrected chi connectivity index (χ1v) is 6.67. The van der Waals surface area contributed by atoms with Crippen LogP contribution in [-0.2, 0) is 9.59 Å². The van der Waals surface area contributed by atoms with Gasteiger partial charge in [0, 0.05) is 25.9 Å². The number of aliphatic hydroxyl groups is 1. The van der Waals surface area contributed by atoms with E-state index in [1.54, 1.807) is 6.92 Å². The van der Waals surface area contributed by atoms with Gasteiger partial charge in [-0.05, 0) is 26.2 Å². The largest absolute Gasteiger partial charge is 0.390 e. The van der Waals surface area contributed by atoms with Crippen molar-refractivity contribution in [2.75, 3.05) is 6.54 Å². The summed E-state index contributed by atoms with van der Waals surface area (Å²) >= 11 is 0. The minimum absolute atomic E-state index is 0.0853. The van der Waals surface area contributed by atoms with Gasteiger partial charge in [0.15, 0.2) is 0 Å². The van der Waals surface area contributed by atoms with Gasteiger partial charge in [-0.1, -0.05) is 12.8 Å². The molecule has 0 saturated heterocycles. The quantitative estimate of drug-likeness (QED) is 0.655. The van der Waals surface area contributed by atoms with Gasteiger partial charge in [0.25, 0.3) is 0 Å². The zero-order valence-electron chi connectivity index (χ0n) is 11.3. The molecule has 0 aromatic rings. The van der Waals surface area contributed by atoms with Crippen LogP contribution in [0.1, 0.15) is 52.4 Å². The lowest BCUT2D eigenvalue weighted by Crippen LogP contribution is -2.38. The highest BCUT2D eigenvalue weighted by molar-refractivity contribution is 5.78. The Bertz CT molecular complexity index is 299. The monoisotopic (exact) mass is 256 g/mol. The molecule has 1 saturated carbocycles. The molecule has 0 radical (unpaired) electrons. The Morgan fingerprint density at radius 1 is 1.33 bits per heavy atom. The van der Waals surface area contributed by atoms with Gasteiger partial charge in [-0.2, -0.15) is 0 Å². The molecule has 5 nitrogen and oxygen atoms in total. The summed E-state index contributed by atoms with van der Waals surface area (Å²) in [5.74, 6) is -0.214. The van der Waals surface area contributed by atoms with Crippen molar-refractivity contribution in [2.45, 2.75) is 64.0 Å². The predicted octanol–water partition coefficient (Wildman–Crippen LogP) is 0.712. The molecule has 1 fully saturated rings. The van der Waals surface area contributed by atoms with Crippen LogP contribution in [0.2, 0.25) is 0 Å². The van der Waals surface area contributed by atoms with Gasteiger partial charge in [0.05, 0.1) is 5.60 Å². The zero-order valence-corrected chi connectivity index (χ0v) is 11.3. The van der Waals surface area contributed by atoms with Gasteiger partial charge in [-0.25, -0.2) is 0 Å². The third kappa shape index (κ3) is 5.49. The van der Waals surface area contributed by atoms with Gasteiger partial charge in [0.1, 0.15) is 0 Å². The maximum atomic E-state index is 11.6. The molecule has 1 rings (SSSR count). The van der Waals surface area contributed by atoms with E-state index in [-0.39, 0.29) is 24.3 Å². The van der Waals surface area contributed by atoms with Gasteiger partial charge < -0.3 is 15.7 Å². The van der Waals surface area contributed by atoms with Crippen LogP contribution in [-0.4, -0.2) is 35.1 Å². The average molecular weight is 256 g/mol. The minimum atomic E-state index is -0.573. The number of amides is 2. The number of rotatable bonds is 6. The summed E-state index contributed by atoms with van der Waals surface area (Å²) in [6, 6.07) is -0.155. The molecule has 5 heteroatoms. The Hall–Kier alpha value is -1.10. The smallest absolute Gasteiger partial charge is 0.222 e. The third-order valence-electron chi connectivity index (χ3n) is 3.39. The first kappa shape index (κ1) is 15.0. The Kier molecular flexibility index (Phi) is 5.59. The lowest BCUT2D eigenvalue weighted by Gasteiger charge is -2.22. The van der Waals surface area contributed by atoms with E-state index in [0.29, 0.717) is 13.0 Å². The molecule has 104 valence electrons. The summed E-state index contributed by atoms with van der Waals surface area (Å²) in [6.45, 7) is 3.73. The Balaban J connectivity index is 2.15. The van der Waals surface area contributed by atoms with Crippen LogP contribution >= 0.6 is 0 Å². The van der Waals surface area contributed by atoms with Crippen LogP contribution in [0.3, 0.4) is 0 Å². The minimum Gasteiger partial charge on any atom is -0.390 e. The van der Waals surface area contributed by atoms with Gasteiger partial charge in [0.2, 0.25) is 11.8 Å². The predicted molar refractivity (Wildman–Crippen MR) is 68.9 cm³/mol. The van der Waals surface area contributed by atoms with Gasteiger partial charge >= 0.3 is 0 Å². The van der Waals surface area contributed by atoms with Crippen LogP contribution < -0.4 is 10.6 Å². The van der Waals surface area contributed by atoms with Crippen molar-refractivity contribution in [3.05, 3.63) is 0 Å². The summed E-state index contributed by atoms with van der Waals surface area (Å²) in [5, 5.41) is 15.5. The molecule has 1 aliphatic rings. The SMILES string of the molecule is CC(=O)N[C@@H](C)CC(=O)NCCC1(O)CCCC1. The van der Waals surface area contributed by atoms with E-state index < -0.39 is 5.60 Å². The van der Waals surface area contributed by atoms with Crippen molar-refractivity contribution < 1.29 is 14.7 Å². The highest BCUT2D eigenvalue weighted by Crippen LogP contribution is 2.31. The number of hydrogen-bond donors (Lipinski definition) is 3. The van der Waals surface area contributed by atoms with Crippen molar-refractivity contribution in [1.82, 2.24) is 10.6 Å². The lowest BCUT2D eigenvalue weighted by atomic mass is 9.98. The van der Waals surface area contributed by atoms with E-state index in [1.165, 1.54) is 6.92 Å². The molecule has 0 aromatic heterocycles. The van der Waals surface area contributed by atoms with Crippen LogP contribution in [0.25, 0.3) is 0 Å². The summed E-state index contributed by atoms with van der Waals surface area (Å²) in [4.78, 5) is 22.4. The number of nitrogens with one attached hydrogen (secondary N) is 2. The number of carbonyl (C=O) groups excluding carboxylic acids is 2. The van der Waals surface area contributed by atoms with E-state index in [2.05, 4.69) is 10.6 Å². The number of hydrogen-bond acceptors (Lipinski definition) is 3. The molecule has 1 atom stereocenters. The summed E-state index contributed by atoms with van der Waals surface area (Å²) < 4.78 is 0. The Morgan fingerprint density at radius 2 is 1.94 bits per heavy atom. The second-order valence-electron chi connectivity index (χ2n) is 5.34. The Labute approximate surface area is 108 Å². The fraction of sp³-hybridized carbons (Fsp3) is 0.846. The normalized spacial score (nSPS) is 19.3.